The molecule has 98 valence electrons. The number of hydrogen-bond acceptors (Lipinski definition) is 0. The molecule has 0 aromatic carbocycles. The minimum atomic E-state index is 0.120. The van der Waals surface area contributed by atoms with Crippen molar-refractivity contribution in [1.82, 2.24) is 0 Å². The van der Waals surface area contributed by atoms with E-state index in [1.165, 1.54) is 25.4 Å². The third-order valence-corrected chi connectivity index (χ3v) is 8.38. The second kappa shape index (κ2) is 6.39. The van der Waals surface area contributed by atoms with Gasteiger partial charge in [0.25, 0.3) is 0 Å². The van der Waals surface area contributed by atoms with E-state index in [0.29, 0.717) is 10.3 Å². The summed E-state index contributed by atoms with van der Waals surface area (Å²) in [5.41, 5.74) is 0. The van der Waals surface area contributed by atoms with Gasteiger partial charge < -0.3 is 0 Å². The van der Waals surface area contributed by atoms with Crippen molar-refractivity contribution in [1.29, 1.82) is 0 Å². The molecule has 0 nitrogen and oxygen atoms in total. The topological polar surface area (TPSA) is 0 Å². The smallest absolute Gasteiger partial charge is 0.0149 e. The van der Waals surface area contributed by atoms with Crippen LogP contribution in [0, 0.1) is 5.92 Å². The molecule has 0 aliphatic heterocycles. The van der Waals surface area contributed by atoms with E-state index in [9.17, 15) is 0 Å². The molecular formula is C15H33P. The van der Waals surface area contributed by atoms with Crippen LogP contribution >= 0.6 is 7.92 Å². The predicted molar refractivity (Wildman–Crippen MR) is 80.0 cm³/mol. The molecule has 1 heteroatoms. The summed E-state index contributed by atoms with van der Waals surface area (Å²) in [6.07, 6.45) is 5.49. The van der Waals surface area contributed by atoms with Crippen LogP contribution in [0.5, 0.6) is 0 Å². The lowest BCUT2D eigenvalue weighted by Crippen LogP contribution is -2.30. The first-order valence-corrected chi connectivity index (χ1v) is 8.47. The average Bonchev–Trinajstić information content (AvgIpc) is 2.17. The summed E-state index contributed by atoms with van der Waals surface area (Å²) in [5, 5.41) is 1.09. The van der Waals surface area contributed by atoms with E-state index in [1.807, 2.05) is 0 Å². The third kappa shape index (κ3) is 4.74. The molecule has 0 aromatic rings. The maximum absolute atomic E-state index is 2.48. The Morgan fingerprint density at radius 1 is 0.875 bits per heavy atom. The molecule has 0 heterocycles. The van der Waals surface area contributed by atoms with Crippen molar-refractivity contribution in [3.8, 4) is 0 Å². The Hall–Kier alpha value is 0.430. The molecule has 0 N–H and O–H groups in total. The molecule has 0 aliphatic rings. The van der Waals surface area contributed by atoms with Crippen LogP contribution in [-0.2, 0) is 0 Å². The van der Waals surface area contributed by atoms with E-state index >= 15 is 0 Å². The highest BCUT2D eigenvalue weighted by atomic mass is 31.1. The maximum Gasteiger partial charge on any atom is -0.0149 e. The van der Waals surface area contributed by atoms with E-state index in [4.69, 9.17) is 0 Å². The minimum absolute atomic E-state index is 0.120. The maximum atomic E-state index is 2.48. The Kier molecular flexibility index (Phi) is 6.56. The van der Waals surface area contributed by atoms with Crippen LogP contribution < -0.4 is 0 Å². The van der Waals surface area contributed by atoms with Gasteiger partial charge in [0, 0.05) is 0 Å². The molecule has 0 aliphatic carbocycles. The van der Waals surface area contributed by atoms with Gasteiger partial charge in [-0.2, -0.15) is 0 Å². The lowest BCUT2D eigenvalue weighted by atomic mass is 10.1. The summed E-state index contributed by atoms with van der Waals surface area (Å²) in [7, 11) is 0.120. The van der Waals surface area contributed by atoms with Gasteiger partial charge in [-0.1, -0.05) is 63.3 Å². The quantitative estimate of drug-likeness (QED) is 0.490. The molecule has 0 saturated heterocycles. The predicted octanol–water partition coefficient (Wildman–Crippen LogP) is 5.89. The van der Waals surface area contributed by atoms with Crippen LogP contribution in [0.15, 0.2) is 0 Å². The van der Waals surface area contributed by atoms with Crippen molar-refractivity contribution in [2.24, 2.45) is 5.92 Å². The highest BCUT2D eigenvalue weighted by molar-refractivity contribution is 7.60. The summed E-state index contributed by atoms with van der Waals surface area (Å²) in [4.78, 5) is 0. The number of rotatable bonds is 7. The fourth-order valence-corrected chi connectivity index (χ4v) is 6.58. The molecule has 0 unspecified atom stereocenters. The Morgan fingerprint density at radius 2 is 1.25 bits per heavy atom. The summed E-state index contributed by atoms with van der Waals surface area (Å²) in [6.45, 7) is 19.4. The molecule has 0 aromatic heterocycles. The van der Waals surface area contributed by atoms with Gasteiger partial charge in [0.1, 0.15) is 0 Å². The lowest BCUT2D eigenvalue weighted by molar-refractivity contribution is 0.580. The molecule has 0 atom stereocenters. The first kappa shape index (κ1) is 16.4. The monoisotopic (exact) mass is 244 g/mol. The van der Waals surface area contributed by atoms with E-state index < -0.39 is 0 Å². The minimum Gasteiger partial charge on any atom is -0.0951 e. The Balaban J connectivity index is 4.77. The number of hydrogen-bond donors (Lipinski definition) is 0. The van der Waals surface area contributed by atoms with Crippen molar-refractivity contribution in [2.75, 3.05) is 6.16 Å². The van der Waals surface area contributed by atoms with Crippen LogP contribution in [0.2, 0.25) is 0 Å². The van der Waals surface area contributed by atoms with E-state index in [0.717, 1.165) is 5.92 Å². The van der Waals surface area contributed by atoms with Crippen molar-refractivity contribution < 1.29 is 0 Å². The zero-order chi connectivity index (χ0) is 13.0. The van der Waals surface area contributed by atoms with Gasteiger partial charge >= 0.3 is 0 Å². The molecule has 0 saturated carbocycles. The molecule has 16 heavy (non-hydrogen) atoms. The SMILES string of the molecule is CCC(C)(C)P(CCC(C)C)C(C)(C)CC. The van der Waals surface area contributed by atoms with Crippen LogP contribution in [0.1, 0.15) is 74.7 Å². The molecule has 0 rings (SSSR count). The molecule has 0 spiro atoms. The second-order valence-electron chi connectivity index (χ2n) is 6.67. The average molecular weight is 244 g/mol. The first-order chi connectivity index (χ1) is 7.17. The van der Waals surface area contributed by atoms with E-state index in [-0.39, 0.29) is 7.92 Å². The second-order valence-corrected chi connectivity index (χ2v) is 10.4. The van der Waals surface area contributed by atoms with Crippen molar-refractivity contribution in [3.05, 3.63) is 0 Å². The van der Waals surface area contributed by atoms with Crippen LogP contribution in [0.25, 0.3) is 0 Å². The summed E-state index contributed by atoms with van der Waals surface area (Å²) < 4.78 is 0. The van der Waals surface area contributed by atoms with Gasteiger partial charge in [0.15, 0.2) is 0 Å². The Bertz CT molecular complexity index is 176. The summed E-state index contributed by atoms with van der Waals surface area (Å²) in [5.74, 6) is 0.852. The third-order valence-electron chi connectivity index (χ3n) is 4.12. The van der Waals surface area contributed by atoms with Gasteiger partial charge in [-0.25, -0.2) is 0 Å². The van der Waals surface area contributed by atoms with Gasteiger partial charge in [0.2, 0.25) is 0 Å². The molecule has 0 radical (unpaired) electrons. The van der Waals surface area contributed by atoms with Crippen LogP contribution in [0.3, 0.4) is 0 Å². The largest absolute Gasteiger partial charge is 0.0951 e. The van der Waals surface area contributed by atoms with Crippen LogP contribution in [0.4, 0.5) is 0 Å². The highest BCUT2D eigenvalue weighted by Crippen LogP contribution is 2.62. The molecule has 0 amide bonds. The van der Waals surface area contributed by atoms with E-state index in [1.54, 1.807) is 0 Å². The summed E-state index contributed by atoms with van der Waals surface area (Å²) in [6, 6.07) is 0. The lowest BCUT2D eigenvalue weighted by Gasteiger charge is -2.45. The van der Waals surface area contributed by atoms with Crippen molar-refractivity contribution in [2.45, 2.75) is 85.0 Å². The Morgan fingerprint density at radius 3 is 1.50 bits per heavy atom. The molecule has 0 fully saturated rings. The normalized spacial score (nSPS) is 13.9. The first-order valence-electron chi connectivity index (χ1n) is 6.95. The Labute approximate surface area is 105 Å². The fourth-order valence-electron chi connectivity index (χ4n) is 2.19. The molecule has 0 bridgehead atoms. The fraction of sp³-hybridized carbons (Fsp3) is 1.00. The molecular weight excluding hydrogens is 211 g/mol. The standard InChI is InChI=1S/C15H33P/c1-9-14(5,6)16(12-11-13(3)4)15(7,8)10-2/h13H,9-12H2,1-8H3. The van der Waals surface area contributed by atoms with Gasteiger partial charge in [0.05, 0.1) is 0 Å². The van der Waals surface area contributed by atoms with E-state index in [2.05, 4.69) is 55.4 Å². The zero-order valence-corrected chi connectivity index (χ0v) is 13.7. The van der Waals surface area contributed by atoms with Crippen molar-refractivity contribution in [3.63, 3.8) is 0 Å². The zero-order valence-electron chi connectivity index (χ0n) is 12.9. The highest BCUT2D eigenvalue weighted by Gasteiger charge is 2.37. The van der Waals surface area contributed by atoms with Crippen molar-refractivity contribution >= 4 is 7.92 Å². The van der Waals surface area contributed by atoms with Gasteiger partial charge in [-0.15, -0.1) is 0 Å². The van der Waals surface area contributed by atoms with Gasteiger partial charge in [-0.05, 0) is 41.7 Å². The summed E-state index contributed by atoms with van der Waals surface area (Å²) >= 11 is 0. The van der Waals surface area contributed by atoms with Gasteiger partial charge in [-0.3, -0.25) is 0 Å². The van der Waals surface area contributed by atoms with Crippen LogP contribution in [-0.4, -0.2) is 16.5 Å².